The van der Waals surface area contributed by atoms with Crippen molar-refractivity contribution < 1.29 is 18.3 Å². The normalized spacial score (nSPS) is 11.8. The molecule has 2 aromatic rings. The van der Waals surface area contributed by atoms with E-state index in [1.807, 2.05) is 0 Å². The molecule has 2 N–H and O–H groups in total. The number of H-pyrrole nitrogens is 1. The second-order valence-corrected chi connectivity index (χ2v) is 6.07. The molecule has 0 bridgehead atoms. The van der Waals surface area contributed by atoms with Crippen LogP contribution in [0.2, 0.25) is 0 Å². The summed E-state index contributed by atoms with van der Waals surface area (Å²) in [6.07, 6.45) is -0.400. The van der Waals surface area contributed by atoms with Gasteiger partial charge in [0.05, 0.1) is 28.1 Å². The average molecular weight is 268 g/mol. The van der Waals surface area contributed by atoms with E-state index in [-0.39, 0.29) is 4.90 Å². The molecule has 1 aromatic carbocycles. The summed E-state index contributed by atoms with van der Waals surface area (Å²) < 4.78 is 23.8. The first-order chi connectivity index (χ1) is 8.38. The number of sulfone groups is 1. The third-order valence-electron chi connectivity index (χ3n) is 2.52. The van der Waals surface area contributed by atoms with Gasteiger partial charge in [0.25, 0.3) is 0 Å². The van der Waals surface area contributed by atoms with E-state index in [2.05, 4.69) is 9.97 Å². The van der Waals surface area contributed by atoms with Crippen LogP contribution in [0.3, 0.4) is 0 Å². The highest BCUT2D eigenvalue weighted by Crippen LogP contribution is 2.18. The molecule has 6 nitrogen and oxygen atoms in total. The van der Waals surface area contributed by atoms with Gasteiger partial charge in [0.2, 0.25) is 0 Å². The molecule has 0 amide bonds. The van der Waals surface area contributed by atoms with E-state index in [0.29, 0.717) is 16.9 Å². The van der Waals surface area contributed by atoms with Gasteiger partial charge in [-0.15, -0.1) is 0 Å². The maximum Gasteiger partial charge on any atom is 0.304 e. The maximum absolute atomic E-state index is 11.9. The highest BCUT2D eigenvalue weighted by atomic mass is 32.2. The molecule has 0 aliphatic rings. The highest BCUT2D eigenvalue weighted by Gasteiger charge is 2.17. The van der Waals surface area contributed by atoms with E-state index in [1.165, 1.54) is 12.1 Å². The van der Waals surface area contributed by atoms with Crippen molar-refractivity contribution in [3.8, 4) is 0 Å². The summed E-state index contributed by atoms with van der Waals surface area (Å²) >= 11 is 0. The van der Waals surface area contributed by atoms with Crippen LogP contribution in [-0.4, -0.2) is 35.2 Å². The van der Waals surface area contributed by atoms with Gasteiger partial charge in [-0.2, -0.15) is 0 Å². The molecule has 7 heteroatoms. The molecule has 0 saturated carbocycles. The zero-order chi connectivity index (χ0) is 13.3. The van der Waals surface area contributed by atoms with Gasteiger partial charge in [0.1, 0.15) is 5.82 Å². The fourth-order valence-corrected chi connectivity index (χ4v) is 2.90. The van der Waals surface area contributed by atoms with Gasteiger partial charge in [-0.05, 0) is 25.1 Å². The first-order valence-electron chi connectivity index (χ1n) is 5.29. The van der Waals surface area contributed by atoms with Gasteiger partial charge >= 0.3 is 5.97 Å². The van der Waals surface area contributed by atoms with Gasteiger partial charge in [0.15, 0.2) is 9.84 Å². The molecule has 18 heavy (non-hydrogen) atoms. The number of nitrogens with one attached hydrogen (secondary N) is 1. The zero-order valence-corrected chi connectivity index (χ0v) is 10.5. The Bertz CT molecular complexity index is 703. The number of carboxylic acid groups (broad SMARTS) is 1. The Hall–Kier alpha value is -1.89. The van der Waals surface area contributed by atoms with Crippen LogP contribution in [0, 0.1) is 6.92 Å². The van der Waals surface area contributed by atoms with E-state index in [1.54, 1.807) is 13.0 Å². The molecule has 96 valence electrons. The SMILES string of the molecule is Cc1nc2ccc(S(=O)(=O)CCC(=O)O)cc2[nH]1. The highest BCUT2D eigenvalue weighted by molar-refractivity contribution is 7.91. The predicted molar refractivity (Wildman–Crippen MR) is 65.1 cm³/mol. The number of fused-ring (bicyclic) bond motifs is 1. The number of benzene rings is 1. The molecule has 0 atom stereocenters. The van der Waals surface area contributed by atoms with Crippen LogP contribution in [-0.2, 0) is 14.6 Å². The fraction of sp³-hybridized carbons (Fsp3) is 0.273. The summed E-state index contributed by atoms with van der Waals surface area (Å²) in [7, 11) is -3.57. The molecule has 0 aliphatic heterocycles. The molecule has 0 fully saturated rings. The lowest BCUT2D eigenvalue weighted by atomic mass is 10.3. The number of hydrogen-bond acceptors (Lipinski definition) is 4. The molecule has 0 radical (unpaired) electrons. The average Bonchev–Trinajstić information content (AvgIpc) is 2.65. The van der Waals surface area contributed by atoms with Crippen LogP contribution < -0.4 is 0 Å². The van der Waals surface area contributed by atoms with Gasteiger partial charge in [-0.1, -0.05) is 0 Å². The Morgan fingerprint density at radius 2 is 2.17 bits per heavy atom. The van der Waals surface area contributed by atoms with Crippen molar-refractivity contribution in [3.05, 3.63) is 24.0 Å². The largest absolute Gasteiger partial charge is 0.481 e. The second-order valence-electron chi connectivity index (χ2n) is 3.96. The molecule has 1 aromatic heterocycles. The van der Waals surface area contributed by atoms with E-state index in [0.717, 1.165) is 0 Å². The third-order valence-corrected chi connectivity index (χ3v) is 4.23. The molecular weight excluding hydrogens is 256 g/mol. The van der Waals surface area contributed by atoms with Crippen molar-refractivity contribution in [1.82, 2.24) is 9.97 Å². The van der Waals surface area contributed by atoms with Crippen LogP contribution in [0.15, 0.2) is 23.1 Å². The molecule has 0 saturated heterocycles. The minimum absolute atomic E-state index is 0.111. The Morgan fingerprint density at radius 1 is 1.44 bits per heavy atom. The number of aromatic amines is 1. The summed E-state index contributed by atoms with van der Waals surface area (Å²) in [6, 6.07) is 4.53. The maximum atomic E-state index is 11.9. The van der Waals surface area contributed by atoms with Gasteiger partial charge in [-0.3, -0.25) is 4.79 Å². The Balaban J connectivity index is 2.38. The fourth-order valence-electron chi connectivity index (χ4n) is 1.65. The molecule has 0 aliphatic carbocycles. The van der Waals surface area contributed by atoms with Crippen LogP contribution in [0.4, 0.5) is 0 Å². The lowest BCUT2D eigenvalue weighted by molar-refractivity contribution is -0.136. The standard InChI is InChI=1S/C11H12N2O4S/c1-7-12-9-3-2-8(6-10(9)13-7)18(16,17)5-4-11(14)15/h2-3,6H,4-5H2,1H3,(H,12,13)(H,14,15). The summed E-state index contributed by atoms with van der Waals surface area (Å²) in [5.41, 5.74) is 1.31. The Kier molecular flexibility index (Phi) is 3.08. The number of carbonyl (C=O) groups is 1. The minimum Gasteiger partial charge on any atom is -0.481 e. The van der Waals surface area contributed by atoms with Crippen LogP contribution in [0.1, 0.15) is 12.2 Å². The van der Waals surface area contributed by atoms with Crippen LogP contribution in [0.5, 0.6) is 0 Å². The minimum atomic E-state index is -3.57. The summed E-state index contributed by atoms with van der Waals surface area (Å²) in [5.74, 6) is -0.830. The van der Waals surface area contributed by atoms with Gasteiger partial charge in [-0.25, -0.2) is 13.4 Å². The van der Waals surface area contributed by atoms with Crippen molar-refractivity contribution in [2.24, 2.45) is 0 Å². The van der Waals surface area contributed by atoms with E-state index < -0.39 is 28.0 Å². The summed E-state index contributed by atoms with van der Waals surface area (Å²) in [6.45, 7) is 1.78. The summed E-state index contributed by atoms with van der Waals surface area (Å²) in [4.78, 5) is 17.6. The predicted octanol–water partition coefficient (Wildman–Crippen LogP) is 1.12. The van der Waals surface area contributed by atoms with Crippen molar-refractivity contribution in [3.63, 3.8) is 0 Å². The van der Waals surface area contributed by atoms with Crippen LogP contribution in [0.25, 0.3) is 11.0 Å². The number of aromatic nitrogens is 2. The quantitative estimate of drug-likeness (QED) is 0.865. The smallest absolute Gasteiger partial charge is 0.304 e. The molecule has 0 unspecified atom stereocenters. The molecular formula is C11H12N2O4S. The van der Waals surface area contributed by atoms with E-state index in [4.69, 9.17) is 5.11 Å². The Morgan fingerprint density at radius 3 is 2.83 bits per heavy atom. The molecule has 0 spiro atoms. The summed E-state index contributed by atoms with van der Waals surface area (Å²) in [5, 5.41) is 8.52. The van der Waals surface area contributed by atoms with Crippen molar-refractivity contribution in [1.29, 1.82) is 0 Å². The number of carboxylic acids is 1. The first-order valence-corrected chi connectivity index (χ1v) is 6.94. The third kappa shape index (κ3) is 2.51. The van der Waals surface area contributed by atoms with E-state index in [9.17, 15) is 13.2 Å². The lowest BCUT2D eigenvalue weighted by Gasteiger charge is -2.02. The number of hydrogen-bond donors (Lipinski definition) is 2. The van der Waals surface area contributed by atoms with Gasteiger partial charge < -0.3 is 10.1 Å². The van der Waals surface area contributed by atoms with Crippen molar-refractivity contribution in [2.75, 3.05) is 5.75 Å². The van der Waals surface area contributed by atoms with Crippen LogP contribution >= 0.6 is 0 Å². The van der Waals surface area contributed by atoms with Gasteiger partial charge in [0, 0.05) is 0 Å². The van der Waals surface area contributed by atoms with Crippen molar-refractivity contribution >= 4 is 26.8 Å². The number of nitrogens with zero attached hydrogens (tertiary/aromatic N) is 1. The second kappa shape index (κ2) is 4.41. The topological polar surface area (TPSA) is 100 Å². The zero-order valence-electron chi connectivity index (χ0n) is 9.67. The first kappa shape index (κ1) is 12.6. The number of imidazole rings is 1. The lowest BCUT2D eigenvalue weighted by Crippen LogP contribution is -2.10. The number of rotatable bonds is 4. The Labute approximate surface area is 104 Å². The number of aliphatic carboxylic acids is 1. The number of aryl methyl sites for hydroxylation is 1. The van der Waals surface area contributed by atoms with E-state index >= 15 is 0 Å². The molecule has 2 rings (SSSR count). The van der Waals surface area contributed by atoms with Crippen molar-refractivity contribution in [2.45, 2.75) is 18.2 Å². The monoisotopic (exact) mass is 268 g/mol. The molecule has 1 heterocycles.